The molecule has 16 heavy (non-hydrogen) atoms. The minimum atomic E-state index is 0.422. The van der Waals surface area contributed by atoms with Crippen molar-refractivity contribution in [2.75, 3.05) is 31.5 Å². The van der Waals surface area contributed by atoms with Gasteiger partial charge in [0, 0.05) is 19.2 Å². The average molecular weight is 243 g/mol. The average Bonchev–Trinajstić information content (AvgIpc) is 2.28. The molecule has 0 saturated heterocycles. The fourth-order valence-electron chi connectivity index (χ4n) is 1.54. The SMILES string of the molecule is CCCN(CC)CCNc1cnnc(Cl)c1. The van der Waals surface area contributed by atoms with E-state index in [0.29, 0.717) is 5.15 Å². The Morgan fingerprint density at radius 1 is 1.38 bits per heavy atom. The predicted molar refractivity (Wildman–Crippen MR) is 67.9 cm³/mol. The fraction of sp³-hybridized carbons (Fsp3) is 0.636. The van der Waals surface area contributed by atoms with Gasteiger partial charge in [-0.2, -0.15) is 5.10 Å². The van der Waals surface area contributed by atoms with Crippen molar-refractivity contribution in [1.29, 1.82) is 0 Å². The summed E-state index contributed by atoms with van der Waals surface area (Å²) in [4.78, 5) is 2.41. The molecule has 0 fully saturated rings. The van der Waals surface area contributed by atoms with E-state index < -0.39 is 0 Å². The van der Waals surface area contributed by atoms with Gasteiger partial charge in [-0.05, 0) is 19.5 Å². The second-order valence-electron chi connectivity index (χ2n) is 3.63. The highest BCUT2D eigenvalue weighted by atomic mass is 35.5. The molecule has 0 aliphatic carbocycles. The molecule has 0 radical (unpaired) electrons. The summed E-state index contributed by atoms with van der Waals surface area (Å²) >= 11 is 5.74. The van der Waals surface area contributed by atoms with Crippen LogP contribution in [-0.2, 0) is 0 Å². The quantitative estimate of drug-likeness (QED) is 0.797. The van der Waals surface area contributed by atoms with Crippen LogP contribution in [0.2, 0.25) is 5.15 Å². The standard InChI is InChI=1S/C11H19ClN4/c1-3-6-16(4-2)7-5-13-10-8-11(12)15-14-9-10/h8-9H,3-7H2,1-2H3,(H,13,15). The van der Waals surface area contributed by atoms with Crippen molar-refractivity contribution < 1.29 is 0 Å². The first-order valence-electron chi connectivity index (χ1n) is 5.70. The van der Waals surface area contributed by atoms with Crippen LogP contribution in [0.25, 0.3) is 0 Å². The van der Waals surface area contributed by atoms with Crippen LogP contribution in [0.5, 0.6) is 0 Å². The molecule has 0 bridgehead atoms. The summed E-state index contributed by atoms with van der Waals surface area (Å²) in [6, 6.07) is 1.78. The number of nitrogens with zero attached hydrogens (tertiary/aromatic N) is 3. The Bertz CT molecular complexity index is 306. The number of anilines is 1. The van der Waals surface area contributed by atoms with E-state index in [0.717, 1.165) is 31.9 Å². The Balaban J connectivity index is 2.29. The highest BCUT2D eigenvalue weighted by molar-refractivity contribution is 6.29. The van der Waals surface area contributed by atoms with Gasteiger partial charge >= 0.3 is 0 Å². The normalized spacial score (nSPS) is 10.8. The first-order valence-corrected chi connectivity index (χ1v) is 6.08. The second-order valence-corrected chi connectivity index (χ2v) is 4.02. The van der Waals surface area contributed by atoms with E-state index in [2.05, 4.69) is 34.3 Å². The lowest BCUT2D eigenvalue weighted by atomic mass is 10.4. The van der Waals surface area contributed by atoms with Gasteiger partial charge in [-0.25, -0.2) is 0 Å². The third kappa shape index (κ3) is 4.77. The second kappa shape index (κ2) is 7.41. The number of hydrogen-bond acceptors (Lipinski definition) is 4. The van der Waals surface area contributed by atoms with Crippen molar-refractivity contribution in [3.63, 3.8) is 0 Å². The van der Waals surface area contributed by atoms with Crippen LogP contribution in [0.15, 0.2) is 12.3 Å². The maximum absolute atomic E-state index is 5.74. The van der Waals surface area contributed by atoms with E-state index in [4.69, 9.17) is 11.6 Å². The van der Waals surface area contributed by atoms with Crippen LogP contribution in [0.1, 0.15) is 20.3 Å². The van der Waals surface area contributed by atoms with Gasteiger partial charge in [0.15, 0.2) is 5.15 Å². The number of aromatic nitrogens is 2. The van der Waals surface area contributed by atoms with Crippen molar-refractivity contribution in [2.24, 2.45) is 0 Å². The fourth-order valence-corrected chi connectivity index (χ4v) is 1.70. The summed E-state index contributed by atoms with van der Waals surface area (Å²) < 4.78 is 0. The molecule has 0 aliphatic rings. The molecule has 0 spiro atoms. The van der Waals surface area contributed by atoms with Crippen molar-refractivity contribution in [3.05, 3.63) is 17.4 Å². The molecule has 5 heteroatoms. The zero-order valence-corrected chi connectivity index (χ0v) is 10.7. The molecule has 1 aromatic rings. The van der Waals surface area contributed by atoms with E-state index in [1.165, 1.54) is 6.42 Å². The molecule has 1 aromatic heterocycles. The first kappa shape index (κ1) is 13.2. The van der Waals surface area contributed by atoms with Crippen LogP contribution >= 0.6 is 11.6 Å². The Labute approximate surface area is 102 Å². The van der Waals surface area contributed by atoms with Gasteiger partial charge in [0.2, 0.25) is 0 Å². The topological polar surface area (TPSA) is 41.0 Å². The summed E-state index contributed by atoms with van der Waals surface area (Å²) in [5.41, 5.74) is 0.924. The largest absolute Gasteiger partial charge is 0.382 e. The Hall–Kier alpha value is -0.870. The molecule has 1 rings (SSSR count). The van der Waals surface area contributed by atoms with Crippen LogP contribution < -0.4 is 5.32 Å². The van der Waals surface area contributed by atoms with E-state index in [1.807, 2.05) is 0 Å². The zero-order chi connectivity index (χ0) is 11.8. The van der Waals surface area contributed by atoms with Crippen molar-refractivity contribution in [1.82, 2.24) is 15.1 Å². The van der Waals surface area contributed by atoms with Crippen molar-refractivity contribution in [2.45, 2.75) is 20.3 Å². The van der Waals surface area contributed by atoms with Gasteiger partial charge in [-0.15, -0.1) is 5.10 Å². The first-order chi connectivity index (χ1) is 7.76. The lowest BCUT2D eigenvalue weighted by molar-refractivity contribution is 0.300. The highest BCUT2D eigenvalue weighted by Gasteiger charge is 2.00. The number of halogens is 1. The Kier molecular flexibility index (Phi) is 6.11. The van der Waals surface area contributed by atoms with Crippen molar-refractivity contribution >= 4 is 17.3 Å². The van der Waals surface area contributed by atoms with Gasteiger partial charge in [0.1, 0.15) is 0 Å². The van der Waals surface area contributed by atoms with Gasteiger partial charge in [-0.1, -0.05) is 25.4 Å². The monoisotopic (exact) mass is 242 g/mol. The molecule has 1 N–H and O–H groups in total. The molecule has 4 nitrogen and oxygen atoms in total. The van der Waals surface area contributed by atoms with Crippen LogP contribution in [0.3, 0.4) is 0 Å². The number of nitrogens with one attached hydrogen (secondary N) is 1. The molecule has 1 heterocycles. The van der Waals surface area contributed by atoms with Gasteiger partial charge < -0.3 is 10.2 Å². The molecular formula is C11H19ClN4. The van der Waals surface area contributed by atoms with Crippen LogP contribution in [-0.4, -0.2) is 41.3 Å². The molecule has 0 atom stereocenters. The number of likely N-dealkylation sites (N-methyl/N-ethyl adjacent to an activating group) is 1. The van der Waals surface area contributed by atoms with Crippen molar-refractivity contribution in [3.8, 4) is 0 Å². The smallest absolute Gasteiger partial charge is 0.153 e. The molecule has 0 aromatic carbocycles. The van der Waals surface area contributed by atoms with Crippen LogP contribution in [0.4, 0.5) is 5.69 Å². The molecule has 0 saturated carbocycles. The highest BCUT2D eigenvalue weighted by Crippen LogP contribution is 2.09. The maximum Gasteiger partial charge on any atom is 0.153 e. The van der Waals surface area contributed by atoms with Gasteiger partial charge in [-0.3, -0.25) is 0 Å². The minimum absolute atomic E-state index is 0.422. The van der Waals surface area contributed by atoms with E-state index in [9.17, 15) is 0 Å². The third-order valence-corrected chi connectivity index (χ3v) is 2.55. The zero-order valence-electron chi connectivity index (χ0n) is 9.91. The van der Waals surface area contributed by atoms with Gasteiger partial charge in [0.05, 0.1) is 11.9 Å². The summed E-state index contributed by atoms with van der Waals surface area (Å²) in [5, 5.41) is 11.2. The molecule has 0 unspecified atom stereocenters. The van der Waals surface area contributed by atoms with Crippen LogP contribution in [0, 0.1) is 0 Å². The third-order valence-electron chi connectivity index (χ3n) is 2.37. The lowest BCUT2D eigenvalue weighted by Crippen LogP contribution is -2.29. The molecule has 0 amide bonds. The summed E-state index contributed by atoms with van der Waals surface area (Å²) in [7, 11) is 0. The number of hydrogen-bond donors (Lipinski definition) is 1. The van der Waals surface area contributed by atoms with E-state index in [-0.39, 0.29) is 0 Å². The Morgan fingerprint density at radius 2 is 2.19 bits per heavy atom. The lowest BCUT2D eigenvalue weighted by Gasteiger charge is -2.19. The maximum atomic E-state index is 5.74. The molecular weight excluding hydrogens is 224 g/mol. The summed E-state index contributed by atoms with van der Waals surface area (Å²) in [6.45, 7) is 8.54. The molecule has 90 valence electrons. The number of rotatable bonds is 7. The summed E-state index contributed by atoms with van der Waals surface area (Å²) in [5.74, 6) is 0. The van der Waals surface area contributed by atoms with Gasteiger partial charge in [0.25, 0.3) is 0 Å². The minimum Gasteiger partial charge on any atom is -0.382 e. The summed E-state index contributed by atoms with van der Waals surface area (Å²) in [6.07, 6.45) is 2.87. The predicted octanol–water partition coefficient (Wildman–Crippen LogP) is 2.27. The Morgan fingerprint density at radius 3 is 2.81 bits per heavy atom. The van der Waals surface area contributed by atoms with E-state index >= 15 is 0 Å². The molecule has 0 aliphatic heterocycles. The van der Waals surface area contributed by atoms with E-state index in [1.54, 1.807) is 12.3 Å².